The fourth-order valence-corrected chi connectivity index (χ4v) is 3.71. The number of likely N-dealkylation sites (tertiary alicyclic amines) is 1. The van der Waals surface area contributed by atoms with E-state index < -0.39 is 0 Å². The van der Waals surface area contributed by atoms with Gasteiger partial charge in [-0.3, -0.25) is 9.78 Å². The molecule has 2 heterocycles. The van der Waals surface area contributed by atoms with E-state index in [9.17, 15) is 4.79 Å². The van der Waals surface area contributed by atoms with E-state index in [-0.39, 0.29) is 11.8 Å². The van der Waals surface area contributed by atoms with Crippen LogP contribution in [0, 0.1) is 5.92 Å². The van der Waals surface area contributed by atoms with Crippen molar-refractivity contribution < 1.29 is 4.79 Å². The fourth-order valence-electron chi connectivity index (χ4n) is 3.71. The van der Waals surface area contributed by atoms with Gasteiger partial charge in [0.25, 0.3) is 0 Å². The molecule has 6 heteroatoms. The number of likely N-dealkylation sites (N-methyl/N-ethyl adjacent to an activating group) is 2. The summed E-state index contributed by atoms with van der Waals surface area (Å²) in [5.74, 6) is 0.245. The normalized spacial score (nSPS) is 21.7. The number of para-hydroxylation sites is 2. The van der Waals surface area contributed by atoms with Crippen LogP contribution in [0.2, 0.25) is 0 Å². The molecular formula is C20H29N5O. The van der Waals surface area contributed by atoms with Crippen LogP contribution >= 0.6 is 0 Å². The summed E-state index contributed by atoms with van der Waals surface area (Å²) in [5, 5.41) is 0. The zero-order valence-electron chi connectivity index (χ0n) is 16.2. The second-order valence-electron chi connectivity index (χ2n) is 7.66. The van der Waals surface area contributed by atoms with E-state index in [0.29, 0.717) is 12.6 Å². The van der Waals surface area contributed by atoms with Gasteiger partial charge in [-0.05, 0) is 46.1 Å². The Kier molecular flexibility index (Phi) is 5.84. The Bertz CT molecular complexity index is 763. The van der Waals surface area contributed by atoms with Crippen molar-refractivity contribution in [3.63, 3.8) is 0 Å². The van der Waals surface area contributed by atoms with Gasteiger partial charge in [-0.2, -0.15) is 0 Å². The Hall–Kier alpha value is -2.05. The second kappa shape index (κ2) is 8.10. The van der Waals surface area contributed by atoms with Gasteiger partial charge in [0.05, 0.1) is 35.4 Å². The van der Waals surface area contributed by atoms with Crippen LogP contribution < -0.4 is 0 Å². The number of hydrogen-bond donors (Lipinski definition) is 0. The number of rotatable bonds is 4. The van der Waals surface area contributed by atoms with Crippen LogP contribution in [0.25, 0.3) is 11.0 Å². The first kappa shape index (κ1) is 18.7. The summed E-state index contributed by atoms with van der Waals surface area (Å²) in [5.41, 5.74) is 2.58. The Morgan fingerprint density at radius 1 is 1.15 bits per heavy atom. The van der Waals surface area contributed by atoms with E-state index >= 15 is 0 Å². The molecule has 1 saturated heterocycles. The SMILES string of the molecule is CN1C[C@H](C(=O)N(C)Cc2cnc3ccccc3n2)CC[C@H](N(C)C)C1. The minimum atomic E-state index is 0.0448. The third-order valence-corrected chi connectivity index (χ3v) is 5.26. The number of carbonyl (C=O) groups excluding carboxylic acids is 1. The number of benzene rings is 1. The maximum absolute atomic E-state index is 13.0. The van der Waals surface area contributed by atoms with Crippen LogP contribution in [-0.4, -0.2) is 77.9 Å². The molecule has 1 aliphatic rings. The van der Waals surface area contributed by atoms with Crippen LogP contribution in [0.1, 0.15) is 18.5 Å². The highest BCUT2D eigenvalue weighted by molar-refractivity contribution is 5.79. The number of carbonyl (C=O) groups is 1. The number of hydrogen-bond acceptors (Lipinski definition) is 5. The van der Waals surface area contributed by atoms with Gasteiger partial charge in [0, 0.05) is 26.2 Å². The summed E-state index contributed by atoms with van der Waals surface area (Å²) in [6, 6.07) is 8.32. The van der Waals surface area contributed by atoms with E-state index in [1.807, 2.05) is 31.3 Å². The number of fused-ring (bicyclic) bond motifs is 1. The maximum Gasteiger partial charge on any atom is 0.227 e. The molecule has 0 unspecified atom stereocenters. The van der Waals surface area contributed by atoms with E-state index in [4.69, 9.17) is 0 Å². The number of amides is 1. The van der Waals surface area contributed by atoms with Crippen molar-refractivity contribution >= 4 is 16.9 Å². The van der Waals surface area contributed by atoms with Gasteiger partial charge in [0.2, 0.25) is 5.91 Å². The molecule has 2 aromatic rings. The van der Waals surface area contributed by atoms with Gasteiger partial charge in [0.1, 0.15) is 0 Å². The van der Waals surface area contributed by atoms with Gasteiger partial charge in [-0.15, -0.1) is 0 Å². The van der Waals surface area contributed by atoms with Gasteiger partial charge >= 0.3 is 0 Å². The molecule has 0 saturated carbocycles. The molecule has 1 aliphatic heterocycles. The lowest BCUT2D eigenvalue weighted by atomic mass is 10.00. The first-order valence-electron chi connectivity index (χ1n) is 9.24. The van der Waals surface area contributed by atoms with Gasteiger partial charge in [-0.1, -0.05) is 12.1 Å². The average Bonchev–Trinajstić information content (AvgIpc) is 2.82. The molecule has 0 bridgehead atoms. The van der Waals surface area contributed by atoms with Crippen molar-refractivity contribution in [1.29, 1.82) is 0 Å². The fraction of sp³-hybridized carbons (Fsp3) is 0.550. The minimum Gasteiger partial charge on any atom is -0.340 e. The van der Waals surface area contributed by atoms with Crippen molar-refractivity contribution in [1.82, 2.24) is 24.7 Å². The van der Waals surface area contributed by atoms with Crippen LogP contribution in [0.3, 0.4) is 0 Å². The highest BCUT2D eigenvalue weighted by atomic mass is 16.2. The molecule has 0 N–H and O–H groups in total. The zero-order chi connectivity index (χ0) is 18.7. The number of aromatic nitrogens is 2. The highest BCUT2D eigenvalue weighted by Crippen LogP contribution is 2.20. The van der Waals surface area contributed by atoms with Crippen molar-refractivity contribution in [3.8, 4) is 0 Å². The Morgan fingerprint density at radius 2 is 1.88 bits per heavy atom. The molecule has 0 spiro atoms. The van der Waals surface area contributed by atoms with E-state index in [1.165, 1.54) is 0 Å². The van der Waals surface area contributed by atoms with Crippen LogP contribution in [0.15, 0.2) is 30.5 Å². The largest absolute Gasteiger partial charge is 0.340 e. The summed E-state index contributed by atoms with van der Waals surface area (Å²) in [7, 11) is 8.21. The average molecular weight is 355 g/mol. The Labute approximate surface area is 155 Å². The molecule has 3 rings (SSSR count). The monoisotopic (exact) mass is 355 g/mol. The number of nitrogens with zero attached hydrogens (tertiary/aromatic N) is 5. The molecule has 6 nitrogen and oxygen atoms in total. The third-order valence-electron chi connectivity index (χ3n) is 5.26. The predicted octanol–water partition coefficient (Wildman–Crippen LogP) is 1.86. The molecule has 0 aliphatic carbocycles. The highest BCUT2D eigenvalue weighted by Gasteiger charge is 2.29. The van der Waals surface area contributed by atoms with E-state index in [1.54, 1.807) is 11.1 Å². The summed E-state index contributed by atoms with van der Waals surface area (Å²) in [4.78, 5) is 28.4. The minimum absolute atomic E-state index is 0.0448. The molecule has 2 atom stereocenters. The van der Waals surface area contributed by atoms with Gasteiger partial charge < -0.3 is 14.7 Å². The Morgan fingerprint density at radius 3 is 2.62 bits per heavy atom. The summed E-state index contributed by atoms with van der Waals surface area (Å²) >= 11 is 0. The van der Waals surface area contributed by atoms with Gasteiger partial charge in [-0.25, -0.2) is 4.98 Å². The summed E-state index contributed by atoms with van der Waals surface area (Å²) in [6.07, 6.45) is 3.75. The van der Waals surface area contributed by atoms with Crippen molar-refractivity contribution in [3.05, 3.63) is 36.2 Å². The molecule has 1 aromatic heterocycles. The lowest BCUT2D eigenvalue weighted by Gasteiger charge is -2.26. The van der Waals surface area contributed by atoms with Crippen LogP contribution in [0.5, 0.6) is 0 Å². The summed E-state index contributed by atoms with van der Waals surface area (Å²) < 4.78 is 0. The van der Waals surface area contributed by atoms with Crippen molar-refractivity contribution in [2.24, 2.45) is 5.92 Å². The summed E-state index contributed by atoms with van der Waals surface area (Å²) in [6.45, 7) is 2.32. The molecule has 140 valence electrons. The maximum atomic E-state index is 13.0. The molecule has 1 amide bonds. The van der Waals surface area contributed by atoms with Crippen molar-refractivity contribution in [2.45, 2.75) is 25.4 Å². The molecule has 1 fully saturated rings. The third kappa shape index (κ3) is 4.37. The molecule has 0 radical (unpaired) electrons. The Balaban J connectivity index is 1.66. The molecule has 26 heavy (non-hydrogen) atoms. The first-order valence-corrected chi connectivity index (χ1v) is 9.24. The lowest BCUT2D eigenvalue weighted by Crippen LogP contribution is -2.39. The quantitative estimate of drug-likeness (QED) is 0.838. The van der Waals surface area contributed by atoms with Gasteiger partial charge in [0.15, 0.2) is 0 Å². The van der Waals surface area contributed by atoms with E-state index in [0.717, 1.165) is 42.7 Å². The van der Waals surface area contributed by atoms with Crippen molar-refractivity contribution in [2.75, 3.05) is 41.3 Å². The predicted molar refractivity (Wildman–Crippen MR) is 104 cm³/mol. The lowest BCUT2D eigenvalue weighted by molar-refractivity contribution is -0.135. The second-order valence-corrected chi connectivity index (χ2v) is 7.66. The zero-order valence-corrected chi connectivity index (χ0v) is 16.2. The first-order chi connectivity index (χ1) is 12.4. The molecule has 1 aromatic carbocycles. The molecular weight excluding hydrogens is 326 g/mol. The van der Waals surface area contributed by atoms with Crippen LogP contribution in [0.4, 0.5) is 0 Å². The van der Waals surface area contributed by atoms with Crippen LogP contribution in [-0.2, 0) is 11.3 Å². The topological polar surface area (TPSA) is 52.6 Å². The van der Waals surface area contributed by atoms with E-state index in [2.05, 4.69) is 40.9 Å². The standard InChI is InChI=1S/C20H29N5O/c1-23(2)17-10-9-15(12-24(3)14-17)20(26)25(4)13-16-11-21-18-7-5-6-8-19(18)22-16/h5-8,11,15,17H,9-10,12-14H2,1-4H3/t15-,17+/m1/s1. The smallest absolute Gasteiger partial charge is 0.227 e.